The van der Waals surface area contributed by atoms with Gasteiger partial charge in [-0.05, 0) is 52.6 Å². The van der Waals surface area contributed by atoms with Crippen LogP contribution < -0.4 is 5.32 Å². The number of carbonyl (C=O) groups excluding carboxylic acids is 3. The SMILES string of the molecule is CC(=O)Nc1ccc(-c2ccc3c(c2CN(C)Cc2ccccc2)C(C=O)N(C(C)=O)N=C3Cc2ccccc2)cc1. The van der Waals surface area contributed by atoms with Gasteiger partial charge in [0.1, 0.15) is 12.3 Å². The van der Waals surface area contributed by atoms with E-state index in [1.54, 1.807) is 0 Å². The van der Waals surface area contributed by atoms with Crippen LogP contribution in [0.15, 0.2) is 102 Å². The van der Waals surface area contributed by atoms with E-state index in [0.717, 1.165) is 45.4 Å². The number of hydrogen-bond donors (Lipinski definition) is 1. The van der Waals surface area contributed by atoms with Crippen molar-refractivity contribution in [3.8, 4) is 11.1 Å². The number of amides is 2. The van der Waals surface area contributed by atoms with E-state index in [1.165, 1.54) is 24.4 Å². The standard InChI is InChI=1S/C35H34N4O3/c1-24(41)36-29-16-14-28(15-17-29)30-18-19-31-33(20-26-10-6-4-7-11-26)37-39(25(2)42)34(23-40)35(31)32(30)22-38(3)21-27-12-8-5-9-13-27/h4-19,23,34H,20-22H2,1-3H3,(H,36,41). The van der Waals surface area contributed by atoms with E-state index in [1.807, 2.05) is 78.9 Å². The first-order valence-corrected chi connectivity index (χ1v) is 14.0. The molecule has 7 heteroatoms. The number of hydrazone groups is 1. The molecule has 1 N–H and O–H groups in total. The highest BCUT2D eigenvalue weighted by molar-refractivity contribution is 6.06. The minimum atomic E-state index is -0.851. The van der Waals surface area contributed by atoms with E-state index in [9.17, 15) is 14.4 Å². The van der Waals surface area contributed by atoms with Crippen LogP contribution in [0.5, 0.6) is 0 Å². The van der Waals surface area contributed by atoms with E-state index < -0.39 is 6.04 Å². The van der Waals surface area contributed by atoms with Gasteiger partial charge in [-0.1, -0.05) is 84.9 Å². The average molecular weight is 559 g/mol. The van der Waals surface area contributed by atoms with E-state index >= 15 is 0 Å². The Bertz CT molecular complexity index is 1620. The molecule has 1 aliphatic rings. The summed E-state index contributed by atoms with van der Waals surface area (Å²) in [5, 5.41) is 8.85. The highest BCUT2D eigenvalue weighted by Crippen LogP contribution is 2.39. The van der Waals surface area contributed by atoms with Crippen LogP contribution in [-0.4, -0.2) is 40.8 Å². The number of carbonyl (C=O) groups is 3. The largest absolute Gasteiger partial charge is 0.326 e. The first kappa shape index (κ1) is 28.6. The minimum Gasteiger partial charge on any atom is -0.326 e. The van der Waals surface area contributed by atoms with Gasteiger partial charge >= 0.3 is 0 Å². The summed E-state index contributed by atoms with van der Waals surface area (Å²) in [6, 6.07) is 31.1. The number of nitrogens with zero attached hydrogens (tertiary/aromatic N) is 3. The Morgan fingerprint density at radius 3 is 2.05 bits per heavy atom. The summed E-state index contributed by atoms with van der Waals surface area (Å²) < 4.78 is 0. The number of fused-ring (bicyclic) bond motifs is 1. The van der Waals surface area contributed by atoms with Crippen LogP contribution in [0, 0.1) is 0 Å². The lowest BCUT2D eigenvalue weighted by Gasteiger charge is -2.34. The van der Waals surface area contributed by atoms with Crippen molar-refractivity contribution in [3.63, 3.8) is 0 Å². The molecule has 0 bridgehead atoms. The molecule has 0 fully saturated rings. The van der Waals surface area contributed by atoms with Crippen LogP contribution in [0.1, 0.15) is 47.7 Å². The molecule has 1 aliphatic heterocycles. The van der Waals surface area contributed by atoms with Crippen molar-refractivity contribution < 1.29 is 14.4 Å². The zero-order valence-electron chi connectivity index (χ0n) is 24.1. The van der Waals surface area contributed by atoms with Crippen LogP contribution in [0.25, 0.3) is 11.1 Å². The van der Waals surface area contributed by atoms with Gasteiger partial charge in [-0.2, -0.15) is 5.10 Å². The predicted molar refractivity (Wildman–Crippen MR) is 166 cm³/mol. The Balaban J connectivity index is 1.66. The van der Waals surface area contributed by atoms with Crippen LogP contribution in [0.2, 0.25) is 0 Å². The van der Waals surface area contributed by atoms with Crippen molar-refractivity contribution in [1.29, 1.82) is 0 Å². The van der Waals surface area contributed by atoms with Crippen LogP contribution in [0.3, 0.4) is 0 Å². The second-order valence-electron chi connectivity index (χ2n) is 10.6. The number of benzene rings is 4. The Hall–Kier alpha value is -4.88. The molecule has 0 saturated carbocycles. The second kappa shape index (κ2) is 12.7. The van der Waals surface area contributed by atoms with Crippen molar-refractivity contribution in [3.05, 3.63) is 125 Å². The summed E-state index contributed by atoms with van der Waals surface area (Å²) >= 11 is 0. The number of nitrogens with one attached hydrogen (secondary N) is 1. The molecule has 1 unspecified atom stereocenters. The summed E-state index contributed by atoms with van der Waals surface area (Å²) in [6.45, 7) is 4.16. The average Bonchev–Trinajstić information content (AvgIpc) is 2.98. The van der Waals surface area contributed by atoms with Gasteiger partial charge < -0.3 is 10.1 Å². The smallest absolute Gasteiger partial charge is 0.240 e. The first-order valence-electron chi connectivity index (χ1n) is 14.0. The molecule has 0 radical (unpaired) electrons. The van der Waals surface area contributed by atoms with Gasteiger partial charge in [0, 0.05) is 44.6 Å². The topological polar surface area (TPSA) is 82.1 Å². The van der Waals surface area contributed by atoms with Crippen molar-refractivity contribution in [1.82, 2.24) is 9.91 Å². The zero-order chi connectivity index (χ0) is 29.6. The van der Waals surface area contributed by atoms with Crippen molar-refractivity contribution >= 4 is 29.5 Å². The summed E-state index contributed by atoms with van der Waals surface area (Å²) in [7, 11) is 2.05. The maximum absolute atomic E-state index is 12.8. The molecule has 7 nitrogen and oxygen atoms in total. The highest BCUT2D eigenvalue weighted by Gasteiger charge is 2.34. The molecule has 212 valence electrons. The molecular formula is C35H34N4O3. The molecule has 42 heavy (non-hydrogen) atoms. The van der Waals surface area contributed by atoms with Gasteiger partial charge in [0.2, 0.25) is 11.8 Å². The molecule has 0 aliphatic carbocycles. The molecule has 0 aromatic heterocycles. The van der Waals surface area contributed by atoms with Crippen LogP contribution in [-0.2, 0) is 33.9 Å². The monoisotopic (exact) mass is 558 g/mol. The van der Waals surface area contributed by atoms with Crippen molar-refractivity contribution in [2.24, 2.45) is 5.10 Å². The number of hydrogen-bond acceptors (Lipinski definition) is 5. The molecule has 0 spiro atoms. The third kappa shape index (κ3) is 6.37. The maximum atomic E-state index is 12.8. The van der Waals surface area contributed by atoms with Crippen molar-refractivity contribution in [2.45, 2.75) is 39.4 Å². The Labute approximate surface area is 246 Å². The zero-order valence-corrected chi connectivity index (χ0v) is 24.1. The number of aldehydes is 1. The molecule has 4 aromatic carbocycles. The summed E-state index contributed by atoms with van der Waals surface area (Å²) in [5.74, 6) is -0.430. The molecule has 0 saturated heterocycles. The van der Waals surface area contributed by atoms with Crippen LogP contribution >= 0.6 is 0 Å². The fourth-order valence-electron chi connectivity index (χ4n) is 5.53. The summed E-state index contributed by atoms with van der Waals surface area (Å²) in [6.07, 6.45) is 1.33. The Kier molecular flexibility index (Phi) is 8.69. The van der Waals surface area contributed by atoms with E-state index in [0.29, 0.717) is 25.2 Å². The second-order valence-corrected chi connectivity index (χ2v) is 10.6. The van der Waals surface area contributed by atoms with Gasteiger partial charge in [0.05, 0.1) is 5.71 Å². The van der Waals surface area contributed by atoms with Gasteiger partial charge in [0.15, 0.2) is 0 Å². The molecule has 5 rings (SSSR count). The van der Waals surface area contributed by atoms with E-state index in [4.69, 9.17) is 5.10 Å². The van der Waals surface area contributed by atoms with Crippen molar-refractivity contribution in [2.75, 3.05) is 12.4 Å². The Morgan fingerprint density at radius 1 is 0.833 bits per heavy atom. The lowest BCUT2D eigenvalue weighted by Crippen LogP contribution is -2.37. The normalized spacial score (nSPS) is 14.2. The number of anilines is 1. The first-order chi connectivity index (χ1) is 20.3. The van der Waals surface area contributed by atoms with Gasteiger partial charge in [0.25, 0.3) is 0 Å². The van der Waals surface area contributed by atoms with Crippen LogP contribution in [0.4, 0.5) is 5.69 Å². The highest BCUT2D eigenvalue weighted by atomic mass is 16.2. The third-order valence-electron chi connectivity index (χ3n) is 7.36. The quantitative estimate of drug-likeness (QED) is 0.256. The molecule has 1 heterocycles. The molecule has 4 aromatic rings. The molecule has 2 amide bonds. The van der Waals surface area contributed by atoms with E-state index in [2.05, 4.69) is 35.5 Å². The fraction of sp³-hybridized carbons (Fsp3) is 0.200. The third-order valence-corrected chi connectivity index (χ3v) is 7.36. The predicted octanol–water partition coefficient (Wildman–Crippen LogP) is 5.99. The van der Waals surface area contributed by atoms with E-state index in [-0.39, 0.29) is 11.8 Å². The lowest BCUT2D eigenvalue weighted by atomic mass is 9.84. The summed E-state index contributed by atoms with van der Waals surface area (Å²) in [5.41, 5.74) is 8.22. The van der Waals surface area contributed by atoms with Gasteiger partial charge in [-0.15, -0.1) is 0 Å². The lowest BCUT2D eigenvalue weighted by molar-refractivity contribution is -0.134. The fourth-order valence-corrected chi connectivity index (χ4v) is 5.53. The number of rotatable bonds is 9. The Morgan fingerprint density at radius 2 is 1.45 bits per heavy atom. The molecular weight excluding hydrogens is 524 g/mol. The van der Waals surface area contributed by atoms with Gasteiger partial charge in [-0.25, -0.2) is 5.01 Å². The maximum Gasteiger partial charge on any atom is 0.240 e. The minimum absolute atomic E-state index is 0.136. The molecule has 1 atom stereocenters. The van der Waals surface area contributed by atoms with Gasteiger partial charge in [-0.3, -0.25) is 14.5 Å². The summed E-state index contributed by atoms with van der Waals surface area (Å²) in [4.78, 5) is 39.3.